The second kappa shape index (κ2) is 10.3. The van der Waals surface area contributed by atoms with Crippen LogP contribution in [-0.2, 0) is 14.3 Å². The van der Waals surface area contributed by atoms with Gasteiger partial charge in [-0.1, -0.05) is 41.6 Å². The van der Waals surface area contributed by atoms with Crippen LogP contribution >= 0.6 is 23.4 Å². The quantitative estimate of drug-likeness (QED) is 0.591. The fraction of sp³-hybridized carbons (Fsp3) is 0.227. The van der Waals surface area contributed by atoms with Gasteiger partial charge in [-0.05, 0) is 49.8 Å². The van der Waals surface area contributed by atoms with Gasteiger partial charge in [0.2, 0.25) is 5.91 Å². The van der Waals surface area contributed by atoms with Crippen LogP contribution < -0.4 is 10.6 Å². The van der Waals surface area contributed by atoms with E-state index >= 15 is 0 Å². The Morgan fingerprint density at radius 1 is 1.23 bits per heavy atom. The lowest BCUT2D eigenvalue weighted by atomic mass is 10.2. The maximum absolute atomic E-state index is 12.4. The Bertz CT molecular complexity index is 1020. The number of nitrogens with zero attached hydrogens (tertiary/aromatic N) is 1. The molecule has 3 rings (SSSR count). The van der Waals surface area contributed by atoms with E-state index in [1.165, 1.54) is 11.8 Å². The second-order valence-corrected chi connectivity index (χ2v) is 7.97. The fourth-order valence-electron chi connectivity index (χ4n) is 2.77. The third-order valence-electron chi connectivity index (χ3n) is 4.12. The summed E-state index contributed by atoms with van der Waals surface area (Å²) in [4.78, 5) is 29.0. The number of esters is 1. The highest BCUT2D eigenvalue weighted by atomic mass is 35.5. The number of ether oxygens (including phenoxy) is 1. The summed E-state index contributed by atoms with van der Waals surface area (Å²) in [7, 11) is 0. The molecule has 0 saturated heterocycles. The van der Waals surface area contributed by atoms with E-state index in [0.29, 0.717) is 28.1 Å². The molecule has 2 aromatic carbocycles. The number of carbonyl (C=O) groups is 2. The van der Waals surface area contributed by atoms with Gasteiger partial charge in [0, 0.05) is 5.70 Å². The summed E-state index contributed by atoms with van der Waals surface area (Å²) in [5.74, 6) is -0.375. The molecule has 6 nitrogen and oxygen atoms in total. The first-order chi connectivity index (χ1) is 14.4. The van der Waals surface area contributed by atoms with Gasteiger partial charge in [-0.15, -0.1) is 0 Å². The first-order valence-corrected chi connectivity index (χ1v) is 10.8. The number of amides is 1. The van der Waals surface area contributed by atoms with Gasteiger partial charge in [-0.3, -0.25) is 9.59 Å². The van der Waals surface area contributed by atoms with E-state index in [1.807, 2.05) is 37.3 Å². The fourth-order valence-corrected chi connectivity index (χ4v) is 3.79. The molecule has 0 bridgehead atoms. The number of thioether (sulfide) groups is 1. The Morgan fingerprint density at radius 3 is 2.80 bits per heavy atom. The maximum atomic E-state index is 12.4. The molecule has 1 amide bonds. The molecule has 0 saturated carbocycles. The molecule has 156 valence electrons. The SMILES string of the molecule is CCOC(=O)CC1=CC(SCC(=O)Nc2ccc(C)cc2Cl)=Nc2ccccc2N1. The number of para-hydroxylation sites is 2. The van der Waals surface area contributed by atoms with Crippen molar-refractivity contribution in [2.24, 2.45) is 4.99 Å². The number of hydrogen-bond donors (Lipinski definition) is 2. The lowest BCUT2D eigenvalue weighted by Crippen LogP contribution is -2.15. The van der Waals surface area contributed by atoms with Crippen molar-refractivity contribution in [2.75, 3.05) is 23.0 Å². The number of aryl methyl sites for hydroxylation is 1. The van der Waals surface area contributed by atoms with Gasteiger partial charge >= 0.3 is 5.97 Å². The number of fused-ring (bicyclic) bond motifs is 1. The second-order valence-electron chi connectivity index (χ2n) is 6.56. The van der Waals surface area contributed by atoms with E-state index in [-0.39, 0.29) is 24.1 Å². The van der Waals surface area contributed by atoms with Crippen LogP contribution in [0.25, 0.3) is 0 Å². The van der Waals surface area contributed by atoms with Crippen LogP contribution in [-0.4, -0.2) is 29.3 Å². The largest absolute Gasteiger partial charge is 0.466 e. The minimum Gasteiger partial charge on any atom is -0.466 e. The Kier molecular flexibility index (Phi) is 7.54. The van der Waals surface area contributed by atoms with Gasteiger partial charge in [-0.2, -0.15) is 0 Å². The molecule has 0 atom stereocenters. The molecule has 0 aliphatic carbocycles. The van der Waals surface area contributed by atoms with Crippen LogP contribution in [0.1, 0.15) is 18.9 Å². The van der Waals surface area contributed by atoms with Crippen molar-refractivity contribution in [1.29, 1.82) is 0 Å². The molecule has 1 aliphatic rings. The molecule has 0 fully saturated rings. The zero-order chi connectivity index (χ0) is 21.5. The van der Waals surface area contributed by atoms with Gasteiger partial charge in [0.1, 0.15) is 0 Å². The van der Waals surface area contributed by atoms with E-state index in [1.54, 1.807) is 25.1 Å². The van der Waals surface area contributed by atoms with E-state index in [9.17, 15) is 9.59 Å². The predicted molar refractivity (Wildman–Crippen MR) is 124 cm³/mol. The van der Waals surface area contributed by atoms with Crippen LogP contribution in [0, 0.1) is 6.92 Å². The lowest BCUT2D eigenvalue weighted by Gasteiger charge is -2.10. The molecule has 0 unspecified atom stereocenters. The Morgan fingerprint density at radius 2 is 2.03 bits per heavy atom. The molecule has 2 N–H and O–H groups in total. The number of hydrogen-bond acceptors (Lipinski definition) is 6. The maximum Gasteiger partial charge on any atom is 0.311 e. The average molecular weight is 444 g/mol. The van der Waals surface area contributed by atoms with Gasteiger partial charge in [0.15, 0.2) is 0 Å². The topological polar surface area (TPSA) is 79.8 Å². The van der Waals surface area contributed by atoms with Gasteiger partial charge in [-0.25, -0.2) is 4.99 Å². The molecule has 0 aromatic heterocycles. The van der Waals surface area contributed by atoms with E-state index < -0.39 is 0 Å². The van der Waals surface area contributed by atoms with E-state index in [2.05, 4.69) is 15.6 Å². The molecule has 30 heavy (non-hydrogen) atoms. The summed E-state index contributed by atoms with van der Waals surface area (Å²) < 4.78 is 5.05. The van der Waals surface area contributed by atoms with Crippen molar-refractivity contribution in [1.82, 2.24) is 0 Å². The first kappa shape index (κ1) is 21.9. The predicted octanol–water partition coefficient (Wildman–Crippen LogP) is 5.31. The highest BCUT2D eigenvalue weighted by Crippen LogP contribution is 2.31. The molecule has 0 spiro atoms. The number of nitrogens with one attached hydrogen (secondary N) is 2. The van der Waals surface area contributed by atoms with Gasteiger partial charge in [0.05, 0.1) is 45.9 Å². The van der Waals surface area contributed by atoms with Crippen LogP contribution in [0.15, 0.2) is 59.2 Å². The normalized spacial score (nSPS) is 12.6. The zero-order valence-electron chi connectivity index (χ0n) is 16.7. The number of rotatable bonds is 6. The molecule has 1 heterocycles. The Labute approximate surface area is 184 Å². The highest BCUT2D eigenvalue weighted by Gasteiger charge is 2.16. The number of benzene rings is 2. The summed E-state index contributed by atoms with van der Waals surface area (Å²) in [6.45, 7) is 4.02. The minimum atomic E-state index is -0.327. The Balaban J connectivity index is 1.72. The van der Waals surface area contributed by atoms with Crippen molar-refractivity contribution in [3.63, 3.8) is 0 Å². The Hall–Kier alpha value is -2.77. The molecule has 0 radical (unpaired) electrons. The molecule has 8 heteroatoms. The van der Waals surface area contributed by atoms with E-state index in [4.69, 9.17) is 16.3 Å². The summed E-state index contributed by atoms with van der Waals surface area (Å²) in [6.07, 6.45) is 1.86. The molecule has 2 aromatic rings. The third kappa shape index (κ3) is 6.11. The van der Waals surface area contributed by atoms with E-state index in [0.717, 1.165) is 16.9 Å². The van der Waals surface area contributed by atoms with Gasteiger partial charge in [0.25, 0.3) is 0 Å². The lowest BCUT2D eigenvalue weighted by molar-refractivity contribution is -0.142. The average Bonchev–Trinajstić information content (AvgIpc) is 2.87. The standard InChI is InChI=1S/C22H22ClN3O3S/c1-3-29-22(28)12-15-11-21(26-19-7-5-4-6-18(19)24-15)30-13-20(27)25-17-9-8-14(2)10-16(17)23/h4-11,24H,3,12-13H2,1-2H3,(H,25,27). The van der Waals surface area contributed by atoms with Crippen molar-refractivity contribution < 1.29 is 14.3 Å². The number of carbonyl (C=O) groups excluding carboxylic acids is 2. The van der Waals surface area contributed by atoms with Crippen LogP contribution in [0.5, 0.6) is 0 Å². The number of halogens is 1. The summed E-state index contributed by atoms with van der Waals surface area (Å²) in [5.41, 5.74) is 3.77. The highest BCUT2D eigenvalue weighted by molar-refractivity contribution is 8.14. The van der Waals surface area contributed by atoms with Crippen LogP contribution in [0.4, 0.5) is 17.1 Å². The first-order valence-electron chi connectivity index (χ1n) is 9.44. The van der Waals surface area contributed by atoms with Crippen molar-refractivity contribution >= 4 is 57.3 Å². The molecular formula is C22H22ClN3O3S. The molecule has 1 aliphatic heterocycles. The van der Waals surface area contributed by atoms with Gasteiger partial charge < -0.3 is 15.4 Å². The zero-order valence-corrected chi connectivity index (χ0v) is 18.3. The monoisotopic (exact) mass is 443 g/mol. The van der Waals surface area contributed by atoms with Crippen LogP contribution in [0.3, 0.4) is 0 Å². The van der Waals surface area contributed by atoms with Crippen molar-refractivity contribution in [3.8, 4) is 0 Å². The number of anilines is 2. The number of aliphatic imine (C=N–C) groups is 1. The summed E-state index contributed by atoms with van der Waals surface area (Å²) >= 11 is 7.47. The van der Waals surface area contributed by atoms with Crippen molar-refractivity contribution in [2.45, 2.75) is 20.3 Å². The molecular weight excluding hydrogens is 422 g/mol. The minimum absolute atomic E-state index is 0.0902. The smallest absolute Gasteiger partial charge is 0.311 e. The van der Waals surface area contributed by atoms with Crippen LogP contribution in [0.2, 0.25) is 5.02 Å². The third-order valence-corrected chi connectivity index (χ3v) is 5.34. The summed E-state index contributed by atoms with van der Waals surface area (Å²) in [6, 6.07) is 13.0. The summed E-state index contributed by atoms with van der Waals surface area (Å²) in [5, 5.41) is 7.17. The van der Waals surface area contributed by atoms with Crippen molar-refractivity contribution in [3.05, 3.63) is 64.8 Å².